The molecule has 0 N–H and O–H groups in total. The molecule has 29 heavy (non-hydrogen) atoms. The molecule has 0 bridgehead atoms. The molecule has 0 spiro atoms. The zero-order valence-electron chi connectivity index (χ0n) is 14.5. The van der Waals surface area contributed by atoms with Gasteiger partial charge >= 0.3 is 0 Å². The number of aromatic nitrogens is 6. The smallest absolute Gasteiger partial charge is 0.252 e. The Labute approximate surface area is 160 Å². The van der Waals surface area contributed by atoms with Gasteiger partial charge in [0.1, 0.15) is 29.5 Å². The summed E-state index contributed by atoms with van der Waals surface area (Å²) >= 11 is 0. The first kappa shape index (κ1) is 18.8. The highest BCUT2D eigenvalue weighted by Gasteiger charge is 2.46. The van der Waals surface area contributed by atoms with Crippen molar-refractivity contribution in [1.82, 2.24) is 30.2 Å². The lowest BCUT2D eigenvalue weighted by molar-refractivity contribution is -0.0455. The normalized spacial score (nSPS) is 13.0. The highest BCUT2D eigenvalue weighted by molar-refractivity contribution is 5.73. The summed E-state index contributed by atoms with van der Waals surface area (Å²) in [5.41, 5.74) is -1.05. The monoisotopic (exact) mass is 406 g/mol. The SMILES string of the molecule is Fc1ccc(C(Cn2cnnn2)C(F)(F)c2cnc3cc(F)ccc3n2)c(F)c1. The number of hydrogen-bond acceptors (Lipinski definition) is 5. The van der Waals surface area contributed by atoms with E-state index in [1.54, 1.807) is 0 Å². The number of rotatable bonds is 5. The van der Waals surface area contributed by atoms with Crippen LogP contribution >= 0.6 is 0 Å². The van der Waals surface area contributed by atoms with Crippen molar-refractivity contribution in [2.45, 2.75) is 18.4 Å². The molecule has 6 nitrogen and oxygen atoms in total. The summed E-state index contributed by atoms with van der Waals surface area (Å²) in [5.74, 6) is -8.18. The minimum Gasteiger partial charge on any atom is -0.252 e. The van der Waals surface area contributed by atoms with Gasteiger partial charge in [0.15, 0.2) is 0 Å². The molecule has 0 amide bonds. The second kappa shape index (κ2) is 7.15. The lowest BCUT2D eigenvalue weighted by Gasteiger charge is -2.27. The van der Waals surface area contributed by atoms with Crippen LogP contribution in [0.2, 0.25) is 0 Å². The Kier molecular flexibility index (Phi) is 4.65. The van der Waals surface area contributed by atoms with Crippen LogP contribution in [-0.4, -0.2) is 30.2 Å². The Morgan fingerprint density at radius 2 is 1.72 bits per heavy atom. The minimum absolute atomic E-state index is 0.0457. The van der Waals surface area contributed by atoms with Gasteiger partial charge in [-0.05, 0) is 34.2 Å². The summed E-state index contributed by atoms with van der Waals surface area (Å²) in [6, 6.07) is 5.69. The Hall–Kier alpha value is -3.50. The van der Waals surface area contributed by atoms with Gasteiger partial charge in [0.05, 0.1) is 29.7 Å². The van der Waals surface area contributed by atoms with E-state index in [-0.39, 0.29) is 11.0 Å². The quantitative estimate of drug-likeness (QED) is 0.474. The summed E-state index contributed by atoms with van der Waals surface area (Å²) in [5, 5.41) is 10.3. The molecule has 2 heterocycles. The number of halogens is 5. The van der Waals surface area contributed by atoms with Gasteiger partial charge in [0, 0.05) is 12.1 Å². The van der Waals surface area contributed by atoms with E-state index < -0.39 is 47.1 Å². The standard InChI is InChI=1S/C18H11F5N6/c19-10-1-3-12(14(21)5-10)13(8-29-9-25-27-28-29)18(22,23)17-7-24-16-6-11(20)2-4-15(16)26-17/h1-7,9,13H,8H2. The summed E-state index contributed by atoms with van der Waals surface area (Å²) in [4.78, 5) is 7.71. The van der Waals surface area contributed by atoms with Gasteiger partial charge in [0.25, 0.3) is 5.92 Å². The van der Waals surface area contributed by atoms with Gasteiger partial charge in [0.2, 0.25) is 0 Å². The second-order valence-electron chi connectivity index (χ2n) is 6.26. The first-order chi connectivity index (χ1) is 13.8. The third kappa shape index (κ3) is 3.62. The molecule has 148 valence electrons. The molecule has 2 aromatic carbocycles. The van der Waals surface area contributed by atoms with Crippen molar-refractivity contribution in [3.63, 3.8) is 0 Å². The van der Waals surface area contributed by atoms with Crippen molar-refractivity contribution >= 4 is 11.0 Å². The first-order valence-electron chi connectivity index (χ1n) is 8.31. The van der Waals surface area contributed by atoms with Crippen LogP contribution in [0.4, 0.5) is 22.0 Å². The molecule has 0 aliphatic carbocycles. The van der Waals surface area contributed by atoms with Crippen molar-refractivity contribution in [3.05, 3.63) is 77.6 Å². The number of tetrazole rings is 1. The fraction of sp³-hybridized carbons (Fsp3) is 0.167. The molecule has 1 unspecified atom stereocenters. The van der Waals surface area contributed by atoms with Gasteiger partial charge < -0.3 is 0 Å². The van der Waals surface area contributed by atoms with Gasteiger partial charge in [-0.1, -0.05) is 6.07 Å². The topological polar surface area (TPSA) is 69.4 Å². The molecular weight excluding hydrogens is 395 g/mol. The highest BCUT2D eigenvalue weighted by Crippen LogP contribution is 2.43. The maximum absolute atomic E-state index is 15.5. The molecule has 0 saturated carbocycles. The highest BCUT2D eigenvalue weighted by atomic mass is 19.3. The number of alkyl halides is 2. The maximum Gasteiger partial charge on any atom is 0.299 e. The number of nitrogens with zero attached hydrogens (tertiary/aromatic N) is 6. The van der Waals surface area contributed by atoms with Crippen molar-refractivity contribution < 1.29 is 22.0 Å². The molecule has 0 fully saturated rings. The first-order valence-corrected chi connectivity index (χ1v) is 8.31. The Morgan fingerprint density at radius 1 is 0.966 bits per heavy atom. The largest absolute Gasteiger partial charge is 0.299 e. The molecule has 0 radical (unpaired) electrons. The van der Waals surface area contributed by atoms with Crippen molar-refractivity contribution in [1.29, 1.82) is 0 Å². The van der Waals surface area contributed by atoms with E-state index in [2.05, 4.69) is 25.5 Å². The van der Waals surface area contributed by atoms with E-state index in [9.17, 15) is 13.2 Å². The average Bonchev–Trinajstić information content (AvgIpc) is 3.19. The fourth-order valence-corrected chi connectivity index (χ4v) is 2.97. The zero-order chi connectivity index (χ0) is 20.6. The molecule has 0 aliphatic rings. The zero-order valence-corrected chi connectivity index (χ0v) is 14.5. The van der Waals surface area contributed by atoms with Crippen molar-refractivity contribution in [3.8, 4) is 0 Å². The Morgan fingerprint density at radius 3 is 2.45 bits per heavy atom. The summed E-state index contributed by atoms with van der Waals surface area (Å²) in [6.45, 7) is -0.508. The third-order valence-corrected chi connectivity index (χ3v) is 4.38. The molecule has 2 aromatic heterocycles. The summed E-state index contributed by atoms with van der Waals surface area (Å²) in [6.07, 6.45) is 1.90. The van der Waals surface area contributed by atoms with Crippen molar-refractivity contribution in [2.24, 2.45) is 0 Å². The van der Waals surface area contributed by atoms with Crippen LogP contribution in [0.25, 0.3) is 11.0 Å². The number of fused-ring (bicyclic) bond motifs is 1. The predicted octanol–water partition coefficient (Wildman–Crippen LogP) is 3.61. The summed E-state index contributed by atoms with van der Waals surface area (Å²) in [7, 11) is 0. The van der Waals surface area contributed by atoms with E-state index in [0.717, 1.165) is 41.5 Å². The van der Waals surface area contributed by atoms with Gasteiger partial charge in [-0.25, -0.2) is 22.8 Å². The van der Waals surface area contributed by atoms with E-state index in [1.165, 1.54) is 6.07 Å². The molecule has 11 heteroatoms. The van der Waals surface area contributed by atoms with Crippen LogP contribution in [0, 0.1) is 17.5 Å². The Bertz CT molecular complexity index is 1160. The summed E-state index contributed by atoms with van der Waals surface area (Å²) < 4.78 is 72.9. The number of hydrogen-bond donors (Lipinski definition) is 0. The predicted molar refractivity (Wildman–Crippen MR) is 90.3 cm³/mol. The van der Waals surface area contributed by atoms with E-state index in [4.69, 9.17) is 0 Å². The van der Waals surface area contributed by atoms with E-state index in [1.807, 2.05) is 0 Å². The molecule has 4 aromatic rings. The van der Waals surface area contributed by atoms with Crippen LogP contribution in [0.1, 0.15) is 17.2 Å². The van der Waals surface area contributed by atoms with Crippen molar-refractivity contribution in [2.75, 3.05) is 0 Å². The lowest BCUT2D eigenvalue weighted by Crippen LogP contribution is -2.30. The molecule has 0 saturated heterocycles. The fourth-order valence-electron chi connectivity index (χ4n) is 2.97. The van der Waals surface area contributed by atoms with Crippen LogP contribution in [0.3, 0.4) is 0 Å². The van der Waals surface area contributed by atoms with Crippen LogP contribution in [-0.2, 0) is 12.5 Å². The molecule has 1 atom stereocenters. The Balaban J connectivity index is 1.82. The molecular formula is C18H11F5N6. The molecule has 0 aliphatic heterocycles. The van der Waals surface area contributed by atoms with Crippen LogP contribution < -0.4 is 0 Å². The van der Waals surface area contributed by atoms with Gasteiger partial charge in [-0.2, -0.15) is 8.78 Å². The number of benzene rings is 2. The lowest BCUT2D eigenvalue weighted by atomic mass is 9.90. The van der Waals surface area contributed by atoms with Gasteiger partial charge in [-0.3, -0.25) is 4.98 Å². The minimum atomic E-state index is -3.74. The van der Waals surface area contributed by atoms with E-state index in [0.29, 0.717) is 6.07 Å². The van der Waals surface area contributed by atoms with Gasteiger partial charge in [-0.15, -0.1) is 5.10 Å². The molecule has 4 rings (SSSR count). The van der Waals surface area contributed by atoms with E-state index >= 15 is 8.78 Å². The average molecular weight is 406 g/mol. The van der Waals surface area contributed by atoms with Crippen LogP contribution in [0.15, 0.2) is 48.9 Å². The van der Waals surface area contributed by atoms with Crippen LogP contribution in [0.5, 0.6) is 0 Å². The third-order valence-electron chi connectivity index (χ3n) is 4.38. The maximum atomic E-state index is 15.5. The second-order valence-corrected chi connectivity index (χ2v) is 6.26.